The average Bonchev–Trinajstić information content (AvgIpc) is 2.86. The van der Waals surface area contributed by atoms with E-state index in [0.29, 0.717) is 17.1 Å². The highest BCUT2D eigenvalue weighted by Crippen LogP contribution is 2.14. The van der Waals surface area contributed by atoms with Gasteiger partial charge >= 0.3 is 0 Å². The highest BCUT2D eigenvalue weighted by molar-refractivity contribution is 7.17. The predicted molar refractivity (Wildman–Crippen MR) is 71.0 cm³/mol. The number of nitrogens with one attached hydrogen (secondary N) is 1. The van der Waals surface area contributed by atoms with Crippen molar-refractivity contribution in [2.24, 2.45) is 0 Å². The van der Waals surface area contributed by atoms with Gasteiger partial charge < -0.3 is 4.98 Å². The Hall–Kier alpha value is -1.95. The Labute approximate surface area is 107 Å². The summed E-state index contributed by atoms with van der Waals surface area (Å²) >= 11 is 1.41. The molecule has 0 atom stereocenters. The molecule has 0 aliphatic carbocycles. The van der Waals surface area contributed by atoms with E-state index in [2.05, 4.69) is 15.1 Å². The lowest BCUT2D eigenvalue weighted by Crippen LogP contribution is -2.14. The van der Waals surface area contributed by atoms with Crippen LogP contribution < -0.4 is 5.56 Å². The number of nitrogens with zero attached hydrogens (tertiary/aromatic N) is 3. The predicted octanol–water partition coefficient (Wildman–Crippen LogP) is 1.85. The van der Waals surface area contributed by atoms with E-state index in [9.17, 15) is 4.79 Å². The fraction of sp³-hybridized carbons (Fsp3) is 0.250. The molecular weight excluding hydrogens is 248 g/mol. The van der Waals surface area contributed by atoms with Crippen LogP contribution in [0.5, 0.6) is 0 Å². The van der Waals surface area contributed by atoms with Crippen LogP contribution in [0, 0.1) is 13.8 Å². The Morgan fingerprint density at radius 1 is 1.44 bits per heavy atom. The Morgan fingerprint density at radius 2 is 2.28 bits per heavy atom. The molecule has 0 radical (unpaired) electrons. The van der Waals surface area contributed by atoms with Crippen molar-refractivity contribution in [1.29, 1.82) is 0 Å². The first-order valence-electron chi connectivity index (χ1n) is 5.61. The van der Waals surface area contributed by atoms with Crippen LogP contribution in [-0.4, -0.2) is 19.7 Å². The molecule has 0 saturated carbocycles. The van der Waals surface area contributed by atoms with E-state index in [0.717, 1.165) is 16.9 Å². The molecule has 0 spiro atoms. The largest absolute Gasteiger partial charge is 0.308 e. The van der Waals surface area contributed by atoms with E-state index in [4.69, 9.17) is 0 Å². The molecule has 0 aliphatic heterocycles. The molecule has 0 fully saturated rings. The molecule has 0 saturated heterocycles. The van der Waals surface area contributed by atoms with E-state index in [1.165, 1.54) is 11.3 Å². The number of thiophene rings is 1. The first-order chi connectivity index (χ1) is 8.63. The number of fused-ring (bicyclic) bond motifs is 1. The smallest absolute Gasteiger partial charge is 0.268 e. The second kappa shape index (κ2) is 4.06. The maximum atomic E-state index is 11.8. The van der Waals surface area contributed by atoms with Gasteiger partial charge in [-0.1, -0.05) is 0 Å². The lowest BCUT2D eigenvalue weighted by Gasteiger charge is -2.03. The van der Waals surface area contributed by atoms with Gasteiger partial charge in [0, 0.05) is 5.69 Å². The van der Waals surface area contributed by atoms with E-state index in [-0.39, 0.29) is 5.56 Å². The molecule has 0 aromatic carbocycles. The number of aromatic nitrogens is 4. The van der Waals surface area contributed by atoms with Gasteiger partial charge in [-0.3, -0.25) is 9.48 Å². The topological polar surface area (TPSA) is 63.6 Å². The molecule has 18 heavy (non-hydrogen) atoms. The Kier molecular flexibility index (Phi) is 2.52. The molecule has 3 aromatic rings. The summed E-state index contributed by atoms with van der Waals surface area (Å²) in [4.78, 5) is 19.1. The van der Waals surface area contributed by atoms with Crippen LogP contribution in [-0.2, 0) is 6.54 Å². The zero-order valence-electron chi connectivity index (χ0n) is 10.1. The monoisotopic (exact) mass is 260 g/mol. The lowest BCUT2D eigenvalue weighted by molar-refractivity contribution is 0.632. The van der Waals surface area contributed by atoms with Crippen molar-refractivity contribution >= 4 is 21.6 Å². The van der Waals surface area contributed by atoms with Crippen LogP contribution in [0.15, 0.2) is 22.3 Å². The molecule has 3 heterocycles. The van der Waals surface area contributed by atoms with Crippen molar-refractivity contribution in [3.8, 4) is 0 Å². The summed E-state index contributed by atoms with van der Waals surface area (Å²) < 4.78 is 2.51. The number of aryl methyl sites for hydroxylation is 2. The quantitative estimate of drug-likeness (QED) is 0.764. The zero-order valence-corrected chi connectivity index (χ0v) is 10.9. The van der Waals surface area contributed by atoms with Crippen molar-refractivity contribution < 1.29 is 0 Å². The first-order valence-corrected chi connectivity index (χ1v) is 6.49. The van der Waals surface area contributed by atoms with Gasteiger partial charge in [0.15, 0.2) is 0 Å². The minimum atomic E-state index is -0.0773. The summed E-state index contributed by atoms with van der Waals surface area (Å²) in [6, 6.07) is 3.86. The van der Waals surface area contributed by atoms with Crippen molar-refractivity contribution in [3.63, 3.8) is 0 Å². The van der Waals surface area contributed by atoms with Crippen LogP contribution in [0.4, 0.5) is 0 Å². The van der Waals surface area contributed by atoms with E-state index in [1.54, 1.807) is 0 Å². The highest BCUT2D eigenvalue weighted by Gasteiger charge is 2.07. The Balaban J connectivity index is 2.05. The summed E-state index contributed by atoms with van der Waals surface area (Å²) in [5, 5.41) is 6.24. The maximum absolute atomic E-state index is 11.8. The minimum Gasteiger partial charge on any atom is -0.308 e. The van der Waals surface area contributed by atoms with Crippen LogP contribution in [0.2, 0.25) is 0 Å². The molecular formula is C12H12N4OS. The zero-order chi connectivity index (χ0) is 12.7. The third-order valence-corrected chi connectivity index (χ3v) is 3.67. The summed E-state index contributed by atoms with van der Waals surface area (Å²) in [6.07, 6.45) is 0. The van der Waals surface area contributed by atoms with Crippen LogP contribution in [0.1, 0.15) is 17.2 Å². The molecule has 0 aliphatic rings. The minimum absolute atomic E-state index is 0.0773. The molecule has 92 valence electrons. The summed E-state index contributed by atoms with van der Waals surface area (Å²) in [7, 11) is 0. The highest BCUT2D eigenvalue weighted by atomic mass is 32.1. The van der Waals surface area contributed by atoms with Gasteiger partial charge in [-0.25, -0.2) is 4.98 Å². The number of hydrogen-bond acceptors (Lipinski definition) is 4. The van der Waals surface area contributed by atoms with Crippen molar-refractivity contribution in [1.82, 2.24) is 19.7 Å². The second-order valence-corrected chi connectivity index (χ2v) is 5.15. The van der Waals surface area contributed by atoms with Gasteiger partial charge in [0.1, 0.15) is 10.5 Å². The maximum Gasteiger partial charge on any atom is 0.268 e. The van der Waals surface area contributed by atoms with E-state index in [1.807, 2.05) is 36.0 Å². The number of H-pyrrole nitrogens is 1. The van der Waals surface area contributed by atoms with E-state index < -0.39 is 0 Å². The average molecular weight is 260 g/mol. The first kappa shape index (κ1) is 11.2. The molecule has 5 nitrogen and oxygen atoms in total. The van der Waals surface area contributed by atoms with E-state index >= 15 is 0 Å². The molecule has 1 N–H and O–H groups in total. The normalized spacial score (nSPS) is 11.2. The van der Waals surface area contributed by atoms with Crippen LogP contribution >= 0.6 is 11.3 Å². The van der Waals surface area contributed by atoms with Gasteiger partial charge in [-0.2, -0.15) is 5.10 Å². The van der Waals surface area contributed by atoms with Crippen LogP contribution in [0.25, 0.3) is 10.2 Å². The third-order valence-electron chi connectivity index (χ3n) is 2.77. The third kappa shape index (κ3) is 1.84. The molecule has 0 unspecified atom stereocenters. The number of rotatable bonds is 2. The summed E-state index contributed by atoms with van der Waals surface area (Å²) in [5.74, 6) is 0.636. The second-order valence-electron chi connectivity index (χ2n) is 4.23. The van der Waals surface area contributed by atoms with Gasteiger partial charge in [0.25, 0.3) is 5.56 Å². The Bertz CT molecular complexity index is 768. The molecule has 0 amide bonds. The van der Waals surface area contributed by atoms with Crippen LogP contribution in [0.3, 0.4) is 0 Å². The molecule has 0 bridgehead atoms. The fourth-order valence-electron chi connectivity index (χ4n) is 1.97. The molecule has 6 heteroatoms. The number of hydrogen-bond donors (Lipinski definition) is 1. The van der Waals surface area contributed by atoms with Crippen molar-refractivity contribution in [3.05, 3.63) is 45.1 Å². The van der Waals surface area contributed by atoms with Gasteiger partial charge in [-0.05, 0) is 31.4 Å². The van der Waals surface area contributed by atoms with Gasteiger partial charge in [-0.15, -0.1) is 11.3 Å². The number of aromatic amines is 1. The Morgan fingerprint density at radius 3 is 3.00 bits per heavy atom. The van der Waals surface area contributed by atoms with Crippen molar-refractivity contribution in [2.45, 2.75) is 20.4 Å². The molecule has 3 aromatic heterocycles. The SMILES string of the molecule is Cc1cc(C)n(Cc2nc3ccsc3c(=O)[nH]2)n1. The van der Waals surface area contributed by atoms with Gasteiger partial charge in [0.2, 0.25) is 0 Å². The summed E-state index contributed by atoms with van der Waals surface area (Å²) in [5.41, 5.74) is 2.69. The van der Waals surface area contributed by atoms with Gasteiger partial charge in [0.05, 0.1) is 17.8 Å². The lowest BCUT2D eigenvalue weighted by atomic mass is 10.4. The summed E-state index contributed by atoms with van der Waals surface area (Å²) in [6.45, 7) is 4.42. The standard InChI is InChI=1S/C12H12N4OS/c1-7-5-8(2)16(15-7)6-10-13-9-3-4-18-11(9)12(17)14-10/h3-5H,6H2,1-2H3,(H,13,14,17). The fourth-order valence-corrected chi connectivity index (χ4v) is 2.70. The molecule has 3 rings (SSSR count). The van der Waals surface area contributed by atoms with Crippen molar-refractivity contribution in [2.75, 3.05) is 0 Å².